The maximum absolute atomic E-state index is 12.7. The lowest BCUT2D eigenvalue weighted by Gasteiger charge is -2.32. The second-order valence-electron chi connectivity index (χ2n) is 7.51. The minimum atomic E-state index is -0.688. The van der Waals surface area contributed by atoms with Gasteiger partial charge < -0.3 is 5.32 Å². The van der Waals surface area contributed by atoms with E-state index in [2.05, 4.69) is 20.9 Å². The quantitative estimate of drug-likeness (QED) is 0.836. The van der Waals surface area contributed by atoms with Crippen molar-refractivity contribution in [3.8, 4) is 0 Å². The second kappa shape index (κ2) is 8.19. The Balaban J connectivity index is 2.21. The Labute approximate surface area is 149 Å². The lowest BCUT2D eigenvalue weighted by molar-refractivity contribution is -0.126. The SMILES string of the molecule is CN[C@@]1(C)CCCCn2nncc2CCC[C@@](C)(C(C)=O)NCC1=O. The first-order valence-corrected chi connectivity index (χ1v) is 9.16. The van der Waals surface area contributed by atoms with E-state index in [1.165, 1.54) is 0 Å². The van der Waals surface area contributed by atoms with E-state index in [1.54, 1.807) is 6.92 Å². The zero-order valence-electron chi connectivity index (χ0n) is 15.9. The Morgan fingerprint density at radius 1 is 1.28 bits per heavy atom. The predicted octanol–water partition coefficient (Wildman–Crippen LogP) is 1.27. The number of rotatable bonds is 2. The second-order valence-corrected chi connectivity index (χ2v) is 7.51. The maximum Gasteiger partial charge on any atom is 0.166 e. The highest BCUT2D eigenvalue weighted by atomic mass is 16.1. The van der Waals surface area contributed by atoms with Gasteiger partial charge in [0.2, 0.25) is 0 Å². The molecule has 2 N–H and O–H groups in total. The van der Waals surface area contributed by atoms with Crippen molar-refractivity contribution < 1.29 is 9.59 Å². The molecule has 1 aromatic heterocycles. The van der Waals surface area contributed by atoms with Crippen LogP contribution in [-0.4, -0.2) is 51.2 Å². The van der Waals surface area contributed by atoms with Gasteiger partial charge in [0, 0.05) is 6.54 Å². The van der Waals surface area contributed by atoms with Crippen LogP contribution >= 0.6 is 0 Å². The molecule has 140 valence electrons. The molecule has 2 atom stereocenters. The number of aromatic nitrogens is 3. The molecule has 1 aliphatic rings. The van der Waals surface area contributed by atoms with Gasteiger partial charge >= 0.3 is 0 Å². The van der Waals surface area contributed by atoms with E-state index in [0.29, 0.717) is 6.42 Å². The number of hydrogen-bond acceptors (Lipinski definition) is 6. The molecule has 0 saturated heterocycles. The Hall–Kier alpha value is -1.60. The largest absolute Gasteiger partial charge is 0.308 e. The molecule has 25 heavy (non-hydrogen) atoms. The van der Waals surface area contributed by atoms with Gasteiger partial charge in [-0.2, -0.15) is 0 Å². The number of hydrogen-bond donors (Lipinski definition) is 2. The van der Waals surface area contributed by atoms with E-state index in [9.17, 15) is 9.59 Å². The topological polar surface area (TPSA) is 88.9 Å². The lowest BCUT2D eigenvalue weighted by Crippen LogP contribution is -2.56. The van der Waals surface area contributed by atoms with E-state index < -0.39 is 11.1 Å². The molecule has 1 aliphatic heterocycles. The van der Waals surface area contributed by atoms with Crippen LogP contribution in [0.5, 0.6) is 0 Å². The number of aryl methyl sites for hydroxylation is 2. The van der Waals surface area contributed by atoms with E-state index in [1.807, 2.05) is 31.8 Å². The van der Waals surface area contributed by atoms with Gasteiger partial charge in [-0.15, -0.1) is 5.10 Å². The summed E-state index contributed by atoms with van der Waals surface area (Å²) in [7, 11) is 1.82. The monoisotopic (exact) mass is 349 g/mol. The molecule has 0 saturated carbocycles. The molecule has 0 aliphatic carbocycles. The molecule has 2 rings (SSSR count). The predicted molar refractivity (Wildman–Crippen MR) is 96.4 cm³/mol. The average Bonchev–Trinajstić information content (AvgIpc) is 3.03. The van der Waals surface area contributed by atoms with Gasteiger partial charge in [0.25, 0.3) is 0 Å². The third kappa shape index (κ3) is 4.73. The smallest absolute Gasteiger partial charge is 0.166 e. The third-order valence-electron chi connectivity index (χ3n) is 5.69. The number of nitrogens with zero attached hydrogens (tertiary/aromatic N) is 3. The van der Waals surface area contributed by atoms with Crippen LogP contribution < -0.4 is 10.6 Å². The van der Waals surface area contributed by atoms with Gasteiger partial charge in [-0.1, -0.05) is 5.21 Å². The summed E-state index contributed by atoms with van der Waals surface area (Å²) in [5, 5.41) is 14.6. The van der Waals surface area contributed by atoms with Crippen LogP contribution in [0.1, 0.15) is 58.6 Å². The van der Waals surface area contributed by atoms with Gasteiger partial charge in [0.05, 0.1) is 29.5 Å². The molecule has 0 amide bonds. The molecule has 0 spiro atoms. The molecule has 0 bridgehead atoms. The fraction of sp³-hybridized carbons (Fsp3) is 0.778. The van der Waals surface area contributed by atoms with Gasteiger partial charge in [-0.05, 0) is 66.3 Å². The Kier molecular flexibility index (Phi) is 6.46. The Bertz CT molecular complexity index is 614. The molecule has 2 heterocycles. The van der Waals surface area contributed by atoms with Crippen LogP contribution in [0.3, 0.4) is 0 Å². The normalized spacial score (nSPS) is 29.7. The van der Waals surface area contributed by atoms with Crippen molar-refractivity contribution in [2.75, 3.05) is 13.6 Å². The minimum absolute atomic E-state index is 0.0604. The van der Waals surface area contributed by atoms with Crippen LogP contribution in [0.15, 0.2) is 6.20 Å². The fourth-order valence-corrected chi connectivity index (χ4v) is 3.29. The summed E-state index contributed by atoms with van der Waals surface area (Å²) in [5.74, 6) is 0.158. The molecule has 0 unspecified atom stereocenters. The van der Waals surface area contributed by atoms with E-state index in [-0.39, 0.29) is 18.1 Å². The van der Waals surface area contributed by atoms with Crippen LogP contribution in [0.2, 0.25) is 0 Å². The number of carbonyl (C=O) groups excluding carboxylic acids is 2. The summed E-state index contributed by atoms with van der Waals surface area (Å²) in [5.41, 5.74) is -0.164. The number of Topliss-reactive ketones (excluding diaryl/α,β-unsaturated/α-hetero) is 2. The van der Waals surface area contributed by atoms with Crippen LogP contribution in [-0.2, 0) is 22.6 Å². The Morgan fingerprint density at radius 2 is 2.04 bits per heavy atom. The summed E-state index contributed by atoms with van der Waals surface area (Å²) in [6.45, 7) is 6.43. The summed E-state index contributed by atoms with van der Waals surface area (Å²) < 4.78 is 1.95. The van der Waals surface area contributed by atoms with Crippen LogP contribution in [0.25, 0.3) is 0 Å². The summed E-state index contributed by atoms with van der Waals surface area (Å²) >= 11 is 0. The molecular weight excluding hydrogens is 318 g/mol. The number of ketones is 2. The maximum atomic E-state index is 12.7. The summed E-state index contributed by atoms with van der Waals surface area (Å²) in [4.78, 5) is 24.9. The van der Waals surface area contributed by atoms with Crippen molar-refractivity contribution in [1.82, 2.24) is 25.6 Å². The molecule has 1 aromatic rings. The first-order valence-electron chi connectivity index (χ1n) is 9.16. The first-order chi connectivity index (χ1) is 11.8. The molecular formula is C18H31N5O2. The Morgan fingerprint density at radius 3 is 2.72 bits per heavy atom. The standard InChI is InChI=1S/C18H31N5O2/c1-14(24)17(2)10-7-8-15-12-21-22-23(15)11-6-5-9-18(3,19-4)16(25)13-20-17/h12,19-20H,5-11,13H2,1-4H3/t17-,18-/m0/s1. The first kappa shape index (κ1) is 19.7. The van der Waals surface area contributed by atoms with Gasteiger partial charge in [-0.25, -0.2) is 4.68 Å². The highest BCUT2D eigenvalue weighted by Gasteiger charge is 2.34. The molecule has 0 aromatic carbocycles. The van der Waals surface area contributed by atoms with Gasteiger partial charge in [0.15, 0.2) is 5.78 Å². The molecule has 7 nitrogen and oxygen atoms in total. The highest BCUT2D eigenvalue weighted by Crippen LogP contribution is 2.20. The number of nitrogens with one attached hydrogen (secondary N) is 2. The molecule has 7 heteroatoms. The fourth-order valence-electron chi connectivity index (χ4n) is 3.29. The number of likely N-dealkylation sites (N-methyl/N-ethyl adjacent to an activating group) is 1. The lowest BCUT2D eigenvalue weighted by atomic mass is 9.87. The van der Waals surface area contributed by atoms with Crippen LogP contribution in [0, 0.1) is 0 Å². The average molecular weight is 349 g/mol. The molecule has 0 radical (unpaired) electrons. The van der Waals surface area contributed by atoms with Crippen molar-refractivity contribution in [3.05, 3.63) is 11.9 Å². The van der Waals surface area contributed by atoms with Gasteiger partial charge in [-0.3, -0.25) is 14.9 Å². The van der Waals surface area contributed by atoms with Crippen LogP contribution in [0.4, 0.5) is 0 Å². The van der Waals surface area contributed by atoms with Crippen molar-refractivity contribution in [1.29, 1.82) is 0 Å². The summed E-state index contributed by atoms with van der Waals surface area (Å²) in [6.07, 6.45) is 6.80. The van der Waals surface area contributed by atoms with Gasteiger partial charge in [0.1, 0.15) is 5.78 Å². The zero-order valence-corrected chi connectivity index (χ0v) is 15.9. The van der Waals surface area contributed by atoms with E-state index in [4.69, 9.17) is 0 Å². The minimum Gasteiger partial charge on any atom is -0.308 e. The number of carbonyl (C=O) groups is 2. The summed E-state index contributed by atoms with van der Waals surface area (Å²) in [6, 6.07) is 0. The van der Waals surface area contributed by atoms with Crippen molar-refractivity contribution in [2.45, 2.75) is 76.9 Å². The van der Waals surface area contributed by atoms with Crippen molar-refractivity contribution >= 4 is 11.6 Å². The number of fused-ring (bicyclic) bond motifs is 1. The highest BCUT2D eigenvalue weighted by molar-refractivity contribution is 5.91. The van der Waals surface area contributed by atoms with E-state index in [0.717, 1.165) is 44.3 Å². The zero-order chi connectivity index (χ0) is 18.5. The van der Waals surface area contributed by atoms with Crippen molar-refractivity contribution in [2.24, 2.45) is 0 Å². The third-order valence-corrected chi connectivity index (χ3v) is 5.69. The van der Waals surface area contributed by atoms with Crippen molar-refractivity contribution in [3.63, 3.8) is 0 Å². The molecule has 0 fully saturated rings. The van der Waals surface area contributed by atoms with E-state index >= 15 is 0 Å².